The first-order valence-electron chi connectivity index (χ1n) is 3.41. The molecule has 0 aliphatic rings. The highest BCUT2D eigenvalue weighted by Gasteiger charge is 2.15. The molecule has 0 heterocycles. The maximum Gasteiger partial charge on any atom is 0.707 e. The van der Waals surface area contributed by atoms with Crippen molar-refractivity contribution < 1.29 is 23.9 Å². The number of benzene rings is 1. The zero-order chi connectivity index (χ0) is 9.84. The normalized spacial score (nSPS) is 9.46. The molecule has 0 aliphatic heterocycles. The molecule has 0 bridgehead atoms. The molecule has 0 spiro atoms. The van der Waals surface area contributed by atoms with E-state index in [4.69, 9.17) is 10.0 Å². The lowest BCUT2D eigenvalue weighted by Gasteiger charge is -2.06. The zero-order valence-electron chi connectivity index (χ0n) is 6.48. The average molecular weight is 184 g/mol. The van der Waals surface area contributed by atoms with Gasteiger partial charge in [-0.3, -0.25) is 4.79 Å². The first kappa shape index (κ1) is 9.69. The summed E-state index contributed by atoms with van der Waals surface area (Å²) in [5.74, 6) is -0.974. The van der Waals surface area contributed by atoms with Gasteiger partial charge in [-0.1, -0.05) is 6.07 Å². The minimum atomic E-state index is -2.07. The largest absolute Gasteiger partial charge is 0.707 e. The fraction of sp³-hybridized carbons (Fsp3) is 0. The van der Waals surface area contributed by atoms with Gasteiger partial charge in [0.25, 0.3) is 0 Å². The first-order chi connectivity index (χ1) is 6.15. The zero-order valence-corrected chi connectivity index (χ0v) is 6.48. The van der Waals surface area contributed by atoms with Gasteiger partial charge >= 0.3 is 7.32 Å². The average Bonchev–Trinajstić information content (AvgIpc) is 2.03. The van der Waals surface area contributed by atoms with Crippen LogP contribution in [0.1, 0.15) is 10.4 Å². The molecule has 0 saturated heterocycles. The van der Waals surface area contributed by atoms with Crippen molar-refractivity contribution in [1.82, 2.24) is 0 Å². The Labute approximate surface area is 73.8 Å². The summed E-state index contributed by atoms with van der Waals surface area (Å²) < 4.78 is 17.2. The van der Waals surface area contributed by atoms with Crippen LogP contribution in [0.3, 0.4) is 0 Å². The van der Waals surface area contributed by atoms with Crippen molar-refractivity contribution in [2.45, 2.75) is 0 Å². The van der Waals surface area contributed by atoms with Gasteiger partial charge in [0, 0.05) is 0 Å². The fourth-order valence-electron chi connectivity index (χ4n) is 0.848. The number of aldehydes is 1. The van der Waals surface area contributed by atoms with Crippen molar-refractivity contribution in [3.63, 3.8) is 0 Å². The summed E-state index contributed by atoms with van der Waals surface area (Å²) in [6, 6.07) is 3.62. The monoisotopic (exact) mass is 184 g/mol. The fourth-order valence-corrected chi connectivity index (χ4v) is 0.848. The molecule has 1 aromatic carbocycles. The molecule has 1 rings (SSSR count). The maximum atomic E-state index is 12.8. The van der Waals surface area contributed by atoms with Crippen LogP contribution in [0.2, 0.25) is 0 Å². The summed E-state index contributed by atoms with van der Waals surface area (Å²) >= 11 is 0. The summed E-state index contributed by atoms with van der Waals surface area (Å²) in [6.45, 7) is 0. The van der Waals surface area contributed by atoms with Crippen LogP contribution < -0.4 is 4.65 Å². The van der Waals surface area contributed by atoms with Gasteiger partial charge in [-0.05, 0) is 12.1 Å². The molecule has 0 saturated carbocycles. The van der Waals surface area contributed by atoms with E-state index in [-0.39, 0.29) is 17.6 Å². The second kappa shape index (κ2) is 4.02. The first-order valence-corrected chi connectivity index (χ1v) is 3.41. The third-order valence-electron chi connectivity index (χ3n) is 1.36. The standard InChI is InChI=1S/C7H6BFO4/c9-6-2-1-3-7(5(6)4-10)13-8(11)12/h1-4,11-12H. The molecule has 6 heteroatoms. The summed E-state index contributed by atoms with van der Waals surface area (Å²) in [6.07, 6.45) is 0.243. The summed E-state index contributed by atoms with van der Waals surface area (Å²) in [4.78, 5) is 10.3. The molecule has 13 heavy (non-hydrogen) atoms. The molecule has 0 amide bonds. The van der Waals surface area contributed by atoms with Gasteiger partial charge in [0.2, 0.25) is 0 Å². The number of carbonyl (C=O) groups excluding carboxylic acids is 1. The lowest BCUT2D eigenvalue weighted by molar-refractivity contribution is 0.111. The summed E-state index contributed by atoms with van der Waals surface area (Å²) in [5.41, 5.74) is -0.337. The Bertz CT molecular complexity index is 315. The van der Waals surface area contributed by atoms with Crippen LogP contribution in [0.4, 0.5) is 4.39 Å². The van der Waals surface area contributed by atoms with Crippen molar-refractivity contribution in [2.75, 3.05) is 0 Å². The van der Waals surface area contributed by atoms with Gasteiger partial charge in [0.05, 0.1) is 5.56 Å². The predicted molar refractivity (Wildman–Crippen MR) is 42.6 cm³/mol. The summed E-state index contributed by atoms with van der Waals surface area (Å²) in [7, 11) is -2.07. The topological polar surface area (TPSA) is 66.8 Å². The van der Waals surface area contributed by atoms with E-state index < -0.39 is 13.1 Å². The van der Waals surface area contributed by atoms with Gasteiger partial charge in [-0.15, -0.1) is 0 Å². The highest BCUT2D eigenvalue weighted by atomic mass is 19.1. The highest BCUT2D eigenvalue weighted by molar-refractivity contribution is 6.33. The van der Waals surface area contributed by atoms with Crippen LogP contribution in [0.25, 0.3) is 0 Å². The third kappa shape index (κ3) is 2.27. The summed E-state index contributed by atoms with van der Waals surface area (Å²) in [5, 5.41) is 16.8. The van der Waals surface area contributed by atoms with E-state index in [0.717, 1.165) is 6.07 Å². The Hall–Kier alpha value is -1.40. The van der Waals surface area contributed by atoms with Gasteiger partial charge in [-0.2, -0.15) is 0 Å². The number of carbonyl (C=O) groups is 1. The lowest BCUT2D eigenvalue weighted by Crippen LogP contribution is -2.21. The Morgan fingerprint density at radius 2 is 2.15 bits per heavy atom. The highest BCUT2D eigenvalue weighted by Crippen LogP contribution is 2.19. The van der Waals surface area contributed by atoms with Crippen molar-refractivity contribution >= 4 is 13.6 Å². The number of halogens is 1. The molecule has 2 N–H and O–H groups in total. The molecule has 4 nitrogen and oxygen atoms in total. The molecule has 0 aromatic heterocycles. The van der Waals surface area contributed by atoms with Crippen LogP contribution in [0.15, 0.2) is 18.2 Å². The van der Waals surface area contributed by atoms with Gasteiger partial charge in [0.15, 0.2) is 6.29 Å². The van der Waals surface area contributed by atoms with Crippen LogP contribution in [0.5, 0.6) is 5.75 Å². The smallest absolute Gasteiger partial charge is 0.511 e. The second-order valence-corrected chi connectivity index (χ2v) is 2.21. The van der Waals surface area contributed by atoms with E-state index >= 15 is 0 Å². The van der Waals surface area contributed by atoms with Crippen LogP contribution in [-0.4, -0.2) is 23.7 Å². The van der Waals surface area contributed by atoms with Crippen molar-refractivity contribution in [3.05, 3.63) is 29.6 Å². The molecule has 0 radical (unpaired) electrons. The minimum Gasteiger partial charge on any atom is -0.511 e. The van der Waals surface area contributed by atoms with E-state index in [0.29, 0.717) is 0 Å². The number of rotatable bonds is 3. The molecular formula is C7H6BFO4. The van der Waals surface area contributed by atoms with Crippen LogP contribution in [0, 0.1) is 5.82 Å². The van der Waals surface area contributed by atoms with Crippen molar-refractivity contribution in [1.29, 1.82) is 0 Å². The lowest BCUT2D eigenvalue weighted by atomic mass is 10.2. The van der Waals surface area contributed by atoms with Crippen LogP contribution >= 0.6 is 0 Å². The molecular weight excluding hydrogens is 178 g/mol. The maximum absolute atomic E-state index is 12.8. The van der Waals surface area contributed by atoms with Gasteiger partial charge < -0.3 is 14.7 Å². The van der Waals surface area contributed by atoms with E-state index in [1.165, 1.54) is 12.1 Å². The Kier molecular flexibility index (Phi) is 3.00. The Balaban J connectivity index is 3.05. The molecule has 0 aliphatic carbocycles. The van der Waals surface area contributed by atoms with Crippen LogP contribution in [-0.2, 0) is 0 Å². The molecule has 0 unspecified atom stereocenters. The molecule has 1 aromatic rings. The molecule has 68 valence electrons. The third-order valence-corrected chi connectivity index (χ3v) is 1.36. The Morgan fingerprint density at radius 1 is 1.46 bits per heavy atom. The quantitative estimate of drug-likeness (QED) is 0.511. The van der Waals surface area contributed by atoms with E-state index in [1.807, 2.05) is 0 Å². The molecule has 0 atom stereocenters. The Morgan fingerprint density at radius 3 is 2.69 bits per heavy atom. The van der Waals surface area contributed by atoms with Crippen molar-refractivity contribution in [3.8, 4) is 5.75 Å². The van der Waals surface area contributed by atoms with Gasteiger partial charge in [-0.25, -0.2) is 4.39 Å². The van der Waals surface area contributed by atoms with E-state index in [1.54, 1.807) is 0 Å². The van der Waals surface area contributed by atoms with E-state index in [2.05, 4.69) is 4.65 Å². The predicted octanol–water partition coefficient (Wildman–Crippen LogP) is -0.0135. The van der Waals surface area contributed by atoms with E-state index in [9.17, 15) is 9.18 Å². The minimum absolute atomic E-state index is 0.204. The number of hydrogen-bond acceptors (Lipinski definition) is 4. The SMILES string of the molecule is O=Cc1c(F)cccc1OB(O)O. The number of hydrogen-bond donors (Lipinski definition) is 2. The molecule has 0 fully saturated rings. The second-order valence-electron chi connectivity index (χ2n) is 2.21. The van der Waals surface area contributed by atoms with Gasteiger partial charge in [0.1, 0.15) is 11.6 Å². The van der Waals surface area contributed by atoms with Crippen molar-refractivity contribution in [2.24, 2.45) is 0 Å².